The molecule has 0 aromatic rings. The van der Waals surface area contributed by atoms with Crippen molar-refractivity contribution in [2.45, 2.75) is 79.3 Å². The molecule has 0 amide bonds. The molecular formula is C22H32O5. The van der Waals surface area contributed by atoms with E-state index in [4.69, 9.17) is 14.2 Å². The molecule has 5 nitrogen and oxygen atoms in total. The first-order valence-corrected chi connectivity index (χ1v) is 10.4. The zero-order valence-corrected chi connectivity index (χ0v) is 17.1. The first kappa shape index (κ1) is 19.0. The van der Waals surface area contributed by atoms with Gasteiger partial charge in [-0.05, 0) is 48.3 Å². The quantitative estimate of drug-likeness (QED) is 0.534. The van der Waals surface area contributed by atoms with Crippen LogP contribution in [0.2, 0.25) is 0 Å². The molecule has 2 heterocycles. The summed E-state index contributed by atoms with van der Waals surface area (Å²) in [4.78, 5) is 23.6. The maximum Gasteiger partial charge on any atom is 0.308 e. The van der Waals surface area contributed by atoms with Crippen LogP contribution in [0.25, 0.3) is 0 Å². The molecule has 150 valence electrons. The Labute approximate surface area is 161 Å². The van der Waals surface area contributed by atoms with Crippen molar-refractivity contribution in [3.8, 4) is 0 Å². The number of carbonyl (C=O) groups excluding carboxylic acids is 2. The lowest BCUT2D eigenvalue weighted by atomic mass is 9.50. The molecule has 0 bridgehead atoms. The van der Waals surface area contributed by atoms with E-state index in [1.807, 2.05) is 0 Å². The van der Waals surface area contributed by atoms with Gasteiger partial charge in [-0.2, -0.15) is 0 Å². The lowest BCUT2D eigenvalue weighted by Crippen LogP contribution is -2.49. The van der Waals surface area contributed by atoms with Gasteiger partial charge in [0.2, 0.25) is 12.6 Å². The maximum absolute atomic E-state index is 11.9. The van der Waals surface area contributed by atoms with Gasteiger partial charge in [0.15, 0.2) is 0 Å². The van der Waals surface area contributed by atoms with Crippen LogP contribution in [0.15, 0.2) is 11.6 Å². The van der Waals surface area contributed by atoms with E-state index < -0.39 is 12.6 Å². The Morgan fingerprint density at radius 3 is 2.70 bits per heavy atom. The van der Waals surface area contributed by atoms with Gasteiger partial charge in [0.05, 0.1) is 6.42 Å². The minimum atomic E-state index is -0.633. The molecule has 3 fully saturated rings. The van der Waals surface area contributed by atoms with Crippen molar-refractivity contribution in [2.75, 3.05) is 0 Å². The highest BCUT2D eigenvalue weighted by Gasteiger charge is 2.62. The summed E-state index contributed by atoms with van der Waals surface area (Å²) in [6, 6.07) is 0. The molecule has 4 rings (SSSR count). The predicted molar refractivity (Wildman–Crippen MR) is 99.2 cm³/mol. The number of rotatable bonds is 2. The van der Waals surface area contributed by atoms with Crippen molar-refractivity contribution >= 4 is 11.9 Å². The molecule has 2 aliphatic carbocycles. The van der Waals surface area contributed by atoms with Crippen LogP contribution < -0.4 is 0 Å². The zero-order valence-electron chi connectivity index (χ0n) is 17.1. The number of fused-ring (bicyclic) bond motifs is 2. The van der Waals surface area contributed by atoms with E-state index in [1.165, 1.54) is 13.3 Å². The number of ether oxygens (including phenoxy) is 3. The number of esters is 2. The van der Waals surface area contributed by atoms with Crippen LogP contribution in [0.3, 0.4) is 0 Å². The third-order valence-corrected chi connectivity index (χ3v) is 8.04. The Morgan fingerprint density at radius 2 is 2.00 bits per heavy atom. The van der Waals surface area contributed by atoms with Gasteiger partial charge in [-0.25, -0.2) is 0 Å². The number of hydrogen-bond acceptors (Lipinski definition) is 5. The predicted octanol–water partition coefficient (Wildman–Crippen LogP) is 4.21. The van der Waals surface area contributed by atoms with Gasteiger partial charge in [-0.15, -0.1) is 0 Å². The molecule has 0 radical (unpaired) electrons. The van der Waals surface area contributed by atoms with E-state index in [-0.39, 0.29) is 29.2 Å². The van der Waals surface area contributed by atoms with Crippen molar-refractivity contribution in [3.63, 3.8) is 0 Å². The molecule has 2 aliphatic heterocycles. The van der Waals surface area contributed by atoms with E-state index >= 15 is 0 Å². The topological polar surface area (TPSA) is 61.8 Å². The van der Waals surface area contributed by atoms with Gasteiger partial charge < -0.3 is 14.2 Å². The van der Waals surface area contributed by atoms with Crippen LogP contribution in [0.4, 0.5) is 0 Å². The summed E-state index contributed by atoms with van der Waals surface area (Å²) in [6.45, 7) is 10.8. The summed E-state index contributed by atoms with van der Waals surface area (Å²) in [5, 5.41) is 0. The highest BCUT2D eigenvalue weighted by atomic mass is 16.8. The second kappa shape index (κ2) is 6.33. The van der Waals surface area contributed by atoms with E-state index in [0.717, 1.165) is 19.3 Å². The van der Waals surface area contributed by atoms with E-state index in [9.17, 15) is 9.59 Å². The van der Waals surface area contributed by atoms with Gasteiger partial charge in [-0.1, -0.05) is 39.3 Å². The molecule has 5 heteroatoms. The SMILES string of the molecule is CC(=O)O[C@H]1O[C@@H]2OC(=O)C[C@@H]2[C@@H]1[C@]1(C)CC[C@H]2C(=CCCC2(C)C)[C@H]1C. The van der Waals surface area contributed by atoms with E-state index in [1.54, 1.807) is 5.57 Å². The molecule has 0 aromatic heterocycles. The molecule has 0 N–H and O–H groups in total. The van der Waals surface area contributed by atoms with Gasteiger partial charge in [0.1, 0.15) is 0 Å². The molecule has 7 atom stereocenters. The highest BCUT2D eigenvalue weighted by molar-refractivity contribution is 5.72. The minimum absolute atomic E-state index is 0.0280. The fourth-order valence-electron chi connectivity index (χ4n) is 6.38. The van der Waals surface area contributed by atoms with Crippen LogP contribution in [0, 0.1) is 34.5 Å². The lowest BCUT2D eigenvalue weighted by Gasteiger charge is -2.54. The van der Waals surface area contributed by atoms with Crippen molar-refractivity contribution in [1.29, 1.82) is 0 Å². The van der Waals surface area contributed by atoms with Gasteiger partial charge in [0, 0.05) is 18.8 Å². The molecular weight excluding hydrogens is 344 g/mol. The van der Waals surface area contributed by atoms with Crippen molar-refractivity contribution in [3.05, 3.63) is 11.6 Å². The monoisotopic (exact) mass is 376 g/mol. The Bertz CT molecular complexity index is 680. The van der Waals surface area contributed by atoms with Crippen molar-refractivity contribution < 1.29 is 23.8 Å². The first-order chi connectivity index (χ1) is 12.6. The second-order valence-electron chi connectivity index (χ2n) is 9.92. The normalized spacial score (nSPS) is 45.5. The first-order valence-electron chi connectivity index (χ1n) is 10.4. The largest absolute Gasteiger partial charge is 0.435 e. The van der Waals surface area contributed by atoms with Crippen LogP contribution in [0.5, 0.6) is 0 Å². The number of hydrogen-bond donors (Lipinski definition) is 0. The zero-order chi connectivity index (χ0) is 19.6. The smallest absolute Gasteiger partial charge is 0.308 e. The highest BCUT2D eigenvalue weighted by Crippen LogP contribution is 2.62. The molecule has 27 heavy (non-hydrogen) atoms. The van der Waals surface area contributed by atoms with Crippen LogP contribution in [-0.4, -0.2) is 24.5 Å². The van der Waals surface area contributed by atoms with Crippen LogP contribution >= 0.6 is 0 Å². The maximum atomic E-state index is 11.9. The number of allylic oxidation sites excluding steroid dienone is 2. The Hall–Kier alpha value is -1.36. The summed E-state index contributed by atoms with van der Waals surface area (Å²) < 4.78 is 16.9. The molecule has 0 unspecified atom stereocenters. The summed E-state index contributed by atoms with van der Waals surface area (Å²) in [5.74, 6) is 0.347. The second-order valence-corrected chi connectivity index (χ2v) is 9.92. The molecule has 2 saturated heterocycles. The van der Waals surface area contributed by atoms with Gasteiger partial charge in [0.25, 0.3) is 0 Å². The minimum Gasteiger partial charge on any atom is -0.435 e. The molecule has 1 saturated carbocycles. The standard InChI is InChI=1S/C22H32O5/c1-12-14-7-6-9-21(3,4)16(14)8-10-22(12,5)18-15-11-17(24)26-19(15)27-20(18)25-13(2)23/h7,12,15-16,18-20H,6,8-11H2,1-5H3/t12-,15-,16+,18+,19+,20+,22-/m1/s1. The Balaban J connectivity index is 1.68. The summed E-state index contributed by atoms with van der Waals surface area (Å²) in [7, 11) is 0. The van der Waals surface area contributed by atoms with E-state index in [2.05, 4.69) is 33.8 Å². The van der Waals surface area contributed by atoms with Crippen molar-refractivity contribution in [2.24, 2.45) is 34.5 Å². The summed E-state index contributed by atoms with van der Waals surface area (Å²) in [6.07, 6.45) is 6.13. The third kappa shape index (κ3) is 2.93. The van der Waals surface area contributed by atoms with Gasteiger partial charge >= 0.3 is 11.9 Å². The molecule has 4 aliphatic rings. The fraction of sp³-hybridized carbons (Fsp3) is 0.818. The van der Waals surface area contributed by atoms with Crippen molar-refractivity contribution in [1.82, 2.24) is 0 Å². The van der Waals surface area contributed by atoms with Crippen LogP contribution in [0.1, 0.15) is 66.7 Å². The van der Waals surface area contributed by atoms with Gasteiger partial charge in [-0.3, -0.25) is 9.59 Å². The average Bonchev–Trinajstić information content (AvgIpc) is 3.05. The van der Waals surface area contributed by atoms with Crippen LogP contribution in [-0.2, 0) is 23.8 Å². The Kier molecular flexibility index (Phi) is 4.45. The average molecular weight is 376 g/mol. The summed E-state index contributed by atoms with van der Waals surface area (Å²) >= 11 is 0. The van der Waals surface area contributed by atoms with E-state index in [0.29, 0.717) is 23.7 Å². The summed E-state index contributed by atoms with van der Waals surface area (Å²) in [5.41, 5.74) is 1.79. The molecule has 0 aromatic carbocycles. The lowest BCUT2D eigenvalue weighted by molar-refractivity contribution is -0.215. The fourth-order valence-corrected chi connectivity index (χ4v) is 6.38. The Morgan fingerprint density at radius 1 is 1.26 bits per heavy atom. The number of carbonyl (C=O) groups is 2. The third-order valence-electron chi connectivity index (χ3n) is 8.04. The molecule has 0 spiro atoms.